The number of nitrogens with one attached hydrogen (secondary N) is 2. The Hall–Kier alpha value is -3.06. The molecule has 1 saturated carbocycles. The van der Waals surface area contributed by atoms with Crippen LogP contribution in [0.2, 0.25) is 0 Å². The second-order valence-electron chi connectivity index (χ2n) is 10.9. The van der Waals surface area contributed by atoms with Gasteiger partial charge >= 0.3 is 7.75 Å². The molecule has 0 radical (unpaired) electrons. The molecule has 41 heavy (non-hydrogen) atoms. The summed E-state index contributed by atoms with van der Waals surface area (Å²) in [6, 6.07) is 10.9. The smallest absolute Gasteiger partial charge is 0.413 e. The lowest BCUT2D eigenvalue weighted by atomic mass is 9.95. The van der Waals surface area contributed by atoms with Gasteiger partial charge in [-0.2, -0.15) is 10.2 Å². The summed E-state index contributed by atoms with van der Waals surface area (Å²) in [6.45, 7) is 2.68. The van der Waals surface area contributed by atoms with Gasteiger partial charge in [-0.05, 0) is 51.0 Å². The highest BCUT2D eigenvalue weighted by Crippen LogP contribution is 2.48. The monoisotopic (exact) mass is 588 g/mol. The topological polar surface area (TPSA) is 183 Å². The summed E-state index contributed by atoms with van der Waals surface area (Å²) < 4.78 is 33.2. The molecule has 1 aliphatic heterocycles. The van der Waals surface area contributed by atoms with E-state index in [1.165, 1.54) is 17.8 Å². The first-order valence-electron chi connectivity index (χ1n) is 13.8. The lowest BCUT2D eigenvalue weighted by molar-refractivity contribution is -0.123. The van der Waals surface area contributed by atoms with Gasteiger partial charge < -0.3 is 30.5 Å². The fourth-order valence-electron chi connectivity index (χ4n) is 5.29. The number of nitrogens with zero attached hydrogens (tertiary/aromatic N) is 3. The minimum absolute atomic E-state index is 0.0703. The zero-order valence-electron chi connectivity index (χ0n) is 23.1. The van der Waals surface area contributed by atoms with E-state index in [4.69, 9.17) is 19.5 Å². The van der Waals surface area contributed by atoms with Crippen LogP contribution in [0.15, 0.2) is 48.8 Å². The molecule has 1 saturated heterocycles. The van der Waals surface area contributed by atoms with Crippen molar-refractivity contribution in [3.8, 4) is 5.75 Å². The molecule has 2 fully saturated rings. The number of para-hydroxylation sites is 1. The number of nitrogens with two attached hydrogens (primary N) is 1. The van der Waals surface area contributed by atoms with Gasteiger partial charge in [-0.3, -0.25) is 9.32 Å². The molecule has 2 aromatic heterocycles. The third-order valence-electron chi connectivity index (χ3n) is 7.64. The average Bonchev–Trinajstić information content (AvgIpc) is 3.49. The summed E-state index contributed by atoms with van der Waals surface area (Å²) in [7, 11) is -4.20. The second kappa shape index (κ2) is 12.0. The van der Waals surface area contributed by atoms with E-state index in [-0.39, 0.29) is 23.5 Å². The van der Waals surface area contributed by atoms with Crippen molar-refractivity contribution in [3.05, 3.63) is 54.5 Å². The predicted molar refractivity (Wildman–Crippen MR) is 150 cm³/mol. The number of fused-ring (bicyclic) bond motifs is 1. The normalized spacial score (nSPS) is 27.4. The Morgan fingerprint density at radius 2 is 1.95 bits per heavy atom. The van der Waals surface area contributed by atoms with E-state index in [0.717, 1.165) is 32.1 Å². The molecule has 14 heteroatoms. The minimum atomic E-state index is -4.20. The first kappa shape index (κ1) is 29.4. The van der Waals surface area contributed by atoms with Crippen LogP contribution in [0, 0.1) is 0 Å². The van der Waals surface area contributed by atoms with Crippen molar-refractivity contribution in [3.63, 3.8) is 0 Å². The van der Waals surface area contributed by atoms with Crippen LogP contribution in [0.5, 0.6) is 5.75 Å². The lowest BCUT2D eigenvalue weighted by Gasteiger charge is -2.31. The van der Waals surface area contributed by atoms with Gasteiger partial charge in [0.2, 0.25) is 5.91 Å². The number of nitrogen functional groups attached to an aromatic ring is 1. The number of aliphatic hydroxyl groups is 2. The number of anilines is 1. The highest BCUT2D eigenvalue weighted by Gasteiger charge is 2.54. The molecule has 1 amide bonds. The Labute approximate surface area is 238 Å². The van der Waals surface area contributed by atoms with Gasteiger partial charge in [0, 0.05) is 6.04 Å². The Kier molecular flexibility index (Phi) is 8.65. The lowest BCUT2D eigenvalue weighted by Crippen LogP contribution is -2.47. The Bertz CT molecular complexity index is 1400. The molecular formula is C27H37N6O7P. The molecule has 0 spiro atoms. The van der Waals surface area contributed by atoms with Crippen molar-refractivity contribution >= 4 is 25.0 Å². The summed E-state index contributed by atoms with van der Waals surface area (Å²) in [5.74, 6) is 0.186. The second-order valence-corrected chi connectivity index (χ2v) is 12.6. The summed E-state index contributed by atoms with van der Waals surface area (Å²) in [5.41, 5.74) is 5.39. The number of hydrogen-bond donors (Lipinski definition) is 5. The van der Waals surface area contributed by atoms with Crippen LogP contribution in [0.3, 0.4) is 0 Å². The predicted octanol–water partition coefficient (Wildman–Crippen LogP) is 2.49. The SMILES string of the molecule is C[C@H](NP(=O)(OC[C@@]1(C)O[C@@H](c2ccc3c(N)ncnn23)[C@H](O)[C@@H]1O)Oc1ccccc1)C(=O)NC1CCCCC1. The van der Waals surface area contributed by atoms with Crippen LogP contribution < -0.4 is 20.7 Å². The number of carbonyl (C=O) groups is 1. The van der Waals surface area contributed by atoms with Gasteiger partial charge in [-0.1, -0.05) is 37.5 Å². The third-order valence-corrected chi connectivity index (χ3v) is 9.27. The Balaban J connectivity index is 1.32. The van der Waals surface area contributed by atoms with E-state index in [0.29, 0.717) is 11.2 Å². The Morgan fingerprint density at radius 3 is 2.68 bits per heavy atom. The maximum Gasteiger partial charge on any atom is 0.459 e. The van der Waals surface area contributed by atoms with Crippen molar-refractivity contribution in [1.82, 2.24) is 25.0 Å². The van der Waals surface area contributed by atoms with Crippen molar-refractivity contribution in [1.29, 1.82) is 0 Å². The number of aromatic nitrogens is 3. The van der Waals surface area contributed by atoms with E-state index in [1.54, 1.807) is 49.4 Å². The van der Waals surface area contributed by atoms with Crippen LogP contribution in [0.25, 0.3) is 5.52 Å². The highest BCUT2D eigenvalue weighted by atomic mass is 31.2. The first-order valence-corrected chi connectivity index (χ1v) is 15.3. The summed E-state index contributed by atoms with van der Waals surface area (Å²) in [6.07, 6.45) is 2.56. The van der Waals surface area contributed by atoms with Gasteiger partial charge in [0.1, 0.15) is 41.5 Å². The van der Waals surface area contributed by atoms with E-state index in [1.807, 2.05) is 0 Å². The third kappa shape index (κ3) is 6.40. The molecule has 2 aliphatic rings. The van der Waals surface area contributed by atoms with Crippen LogP contribution in [-0.4, -0.2) is 67.2 Å². The van der Waals surface area contributed by atoms with Crippen molar-refractivity contribution in [2.75, 3.05) is 12.3 Å². The first-order chi connectivity index (χ1) is 19.6. The number of rotatable bonds is 10. The van der Waals surface area contributed by atoms with Gasteiger partial charge in [0.15, 0.2) is 5.82 Å². The van der Waals surface area contributed by atoms with Crippen molar-refractivity contribution in [2.45, 2.75) is 81.9 Å². The molecule has 5 rings (SSSR count). The quantitative estimate of drug-likeness (QED) is 0.219. The van der Waals surface area contributed by atoms with Crippen molar-refractivity contribution < 1.29 is 33.4 Å². The van der Waals surface area contributed by atoms with E-state index in [2.05, 4.69) is 20.5 Å². The average molecular weight is 589 g/mol. The van der Waals surface area contributed by atoms with E-state index >= 15 is 0 Å². The zero-order chi connectivity index (χ0) is 29.2. The number of ether oxygens (including phenoxy) is 1. The molecule has 1 aliphatic carbocycles. The van der Waals surface area contributed by atoms with Gasteiger partial charge in [-0.25, -0.2) is 14.1 Å². The number of hydrogen-bond acceptors (Lipinski definition) is 10. The molecule has 6 atom stereocenters. The molecule has 13 nitrogen and oxygen atoms in total. The van der Waals surface area contributed by atoms with Crippen LogP contribution in [-0.2, 0) is 18.6 Å². The Morgan fingerprint density at radius 1 is 1.22 bits per heavy atom. The molecule has 1 aromatic carbocycles. The highest BCUT2D eigenvalue weighted by molar-refractivity contribution is 7.52. The standard InChI is InChI=1S/C27H37N6O7P/c1-17(26(36)31-18-9-5-3-6-10-18)32-41(37,40-19-11-7-4-8-12-19)38-15-27(2)24(35)22(34)23(39-27)20-13-14-21-25(28)29-16-30-33(20)21/h4,7-8,11-14,16-18,22-24,34-35H,3,5-6,9-10,15H2,1-2H3,(H,31,36)(H,32,37)(H2,28,29,30)/t17-,22-,23-,24-,27+,41?/m0/s1. The van der Waals surface area contributed by atoms with Crippen LogP contribution in [0.1, 0.15) is 57.7 Å². The fourth-order valence-corrected chi connectivity index (χ4v) is 6.89. The number of carbonyl (C=O) groups excluding carboxylic acids is 1. The summed E-state index contributed by atoms with van der Waals surface area (Å²) in [5, 5.41) is 31.9. The number of aliphatic hydroxyl groups excluding tert-OH is 2. The molecule has 3 aromatic rings. The largest absolute Gasteiger partial charge is 0.459 e. The number of amides is 1. The summed E-state index contributed by atoms with van der Waals surface area (Å²) >= 11 is 0. The van der Waals surface area contributed by atoms with Gasteiger partial charge in [0.25, 0.3) is 0 Å². The van der Waals surface area contributed by atoms with Crippen LogP contribution >= 0.6 is 7.75 Å². The van der Waals surface area contributed by atoms with Crippen molar-refractivity contribution in [2.24, 2.45) is 0 Å². The maximum atomic E-state index is 14.0. The number of benzene rings is 1. The van der Waals surface area contributed by atoms with Gasteiger partial charge in [-0.15, -0.1) is 0 Å². The molecule has 3 heterocycles. The van der Waals surface area contributed by atoms with E-state index < -0.39 is 44.3 Å². The summed E-state index contributed by atoms with van der Waals surface area (Å²) in [4.78, 5) is 16.9. The molecule has 222 valence electrons. The van der Waals surface area contributed by atoms with Crippen LogP contribution in [0.4, 0.5) is 5.82 Å². The minimum Gasteiger partial charge on any atom is -0.413 e. The molecule has 0 bridgehead atoms. The maximum absolute atomic E-state index is 14.0. The van der Waals surface area contributed by atoms with E-state index in [9.17, 15) is 19.6 Å². The fraction of sp³-hybridized carbons (Fsp3) is 0.519. The molecule has 1 unspecified atom stereocenters. The molecular weight excluding hydrogens is 551 g/mol. The zero-order valence-corrected chi connectivity index (χ0v) is 23.9. The molecule has 6 N–H and O–H groups in total. The van der Waals surface area contributed by atoms with Gasteiger partial charge in [0.05, 0.1) is 18.3 Å².